The van der Waals surface area contributed by atoms with E-state index >= 15 is 0 Å². The zero-order chi connectivity index (χ0) is 19.1. The van der Waals surface area contributed by atoms with Crippen LogP contribution in [0.2, 0.25) is 0 Å². The van der Waals surface area contributed by atoms with Gasteiger partial charge in [-0.15, -0.1) is 0 Å². The van der Waals surface area contributed by atoms with Crippen molar-refractivity contribution in [1.82, 2.24) is 4.90 Å². The van der Waals surface area contributed by atoms with E-state index in [0.717, 1.165) is 28.2 Å². The van der Waals surface area contributed by atoms with Crippen molar-refractivity contribution < 1.29 is 18.7 Å². The smallest absolute Gasteiger partial charge is 0.231 e. The van der Waals surface area contributed by atoms with Crippen LogP contribution in [0.4, 0.5) is 0 Å². The molecule has 0 fully saturated rings. The van der Waals surface area contributed by atoms with Gasteiger partial charge in [0.05, 0.1) is 18.4 Å². The van der Waals surface area contributed by atoms with Gasteiger partial charge < -0.3 is 13.9 Å². The van der Waals surface area contributed by atoms with Crippen LogP contribution in [-0.2, 0) is 13.1 Å². The van der Waals surface area contributed by atoms with Crippen LogP contribution in [0.3, 0.4) is 0 Å². The molecule has 2 aliphatic rings. The topological polar surface area (TPSA) is 51.9 Å². The third kappa shape index (κ3) is 2.90. The largest absolute Gasteiger partial charge is 0.477 e. The molecule has 2 aliphatic heterocycles. The molecule has 0 N–H and O–H groups in total. The normalized spacial score (nSPS) is 17.2. The second-order valence-corrected chi connectivity index (χ2v) is 7.06. The Labute approximate surface area is 162 Å². The molecule has 5 heteroatoms. The fraction of sp³-hybridized carbons (Fsp3) is 0.174. The maximum absolute atomic E-state index is 12.9. The lowest BCUT2D eigenvalue weighted by atomic mass is 10.00. The molecule has 0 bridgehead atoms. The number of Topliss-reactive ketones (excluding diaryl/α,β-unsaturated/α-hetero) is 1. The van der Waals surface area contributed by atoms with E-state index in [9.17, 15) is 4.79 Å². The second-order valence-electron chi connectivity index (χ2n) is 7.06. The van der Waals surface area contributed by atoms with Crippen LogP contribution >= 0.6 is 0 Å². The molecule has 28 heavy (non-hydrogen) atoms. The van der Waals surface area contributed by atoms with Crippen molar-refractivity contribution in [2.75, 3.05) is 6.73 Å². The lowest BCUT2D eigenvalue weighted by Gasteiger charge is -2.29. The number of furan rings is 1. The fourth-order valence-electron chi connectivity index (χ4n) is 3.72. The van der Waals surface area contributed by atoms with Gasteiger partial charge in [0.25, 0.3) is 0 Å². The predicted molar refractivity (Wildman–Crippen MR) is 104 cm³/mol. The molecule has 0 radical (unpaired) electrons. The molecule has 0 saturated heterocycles. The zero-order valence-corrected chi connectivity index (χ0v) is 15.5. The number of fused-ring (bicyclic) bond motifs is 2. The molecule has 0 unspecified atom stereocenters. The van der Waals surface area contributed by atoms with Crippen molar-refractivity contribution in [1.29, 1.82) is 0 Å². The molecule has 3 aromatic rings. The molecule has 140 valence electrons. The Balaban J connectivity index is 1.45. The first-order chi connectivity index (χ1) is 13.7. The van der Waals surface area contributed by atoms with E-state index in [1.807, 2.05) is 55.5 Å². The predicted octanol–water partition coefficient (Wildman–Crippen LogP) is 4.56. The van der Waals surface area contributed by atoms with Crippen LogP contribution in [0.1, 0.15) is 32.8 Å². The minimum absolute atomic E-state index is 0.0899. The van der Waals surface area contributed by atoms with Gasteiger partial charge in [-0.1, -0.05) is 30.3 Å². The van der Waals surface area contributed by atoms with Crippen molar-refractivity contribution in [2.24, 2.45) is 0 Å². The Kier molecular flexibility index (Phi) is 4.02. The summed E-state index contributed by atoms with van der Waals surface area (Å²) in [6.45, 7) is 3.76. The first-order valence-electron chi connectivity index (χ1n) is 9.22. The van der Waals surface area contributed by atoms with E-state index in [0.29, 0.717) is 36.9 Å². The summed E-state index contributed by atoms with van der Waals surface area (Å²) in [6, 6.07) is 15.4. The van der Waals surface area contributed by atoms with Gasteiger partial charge in [-0.25, -0.2) is 0 Å². The van der Waals surface area contributed by atoms with Crippen LogP contribution < -0.4 is 9.47 Å². The summed E-state index contributed by atoms with van der Waals surface area (Å²) < 4.78 is 17.4. The number of nitrogens with zero attached hydrogens (tertiary/aromatic N) is 1. The van der Waals surface area contributed by atoms with Gasteiger partial charge in [0.1, 0.15) is 24.0 Å². The first-order valence-corrected chi connectivity index (χ1v) is 9.22. The Bertz CT molecular complexity index is 1070. The van der Waals surface area contributed by atoms with Gasteiger partial charge in [-0.3, -0.25) is 9.69 Å². The quantitative estimate of drug-likeness (QED) is 0.630. The van der Waals surface area contributed by atoms with Crippen LogP contribution in [-0.4, -0.2) is 17.4 Å². The summed E-state index contributed by atoms with van der Waals surface area (Å²) in [5.74, 6) is 2.55. The molecule has 1 aromatic heterocycles. The third-order valence-electron chi connectivity index (χ3n) is 5.06. The average molecular weight is 373 g/mol. The van der Waals surface area contributed by atoms with E-state index in [1.54, 1.807) is 12.3 Å². The van der Waals surface area contributed by atoms with Crippen molar-refractivity contribution >= 4 is 11.9 Å². The minimum atomic E-state index is -0.0899. The summed E-state index contributed by atoms with van der Waals surface area (Å²) >= 11 is 0. The summed E-state index contributed by atoms with van der Waals surface area (Å²) in [7, 11) is 0. The number of carbonyl (C=O) groups is 1. The van der Waals surface area contributed by atoms with Gasteiger partial charge in [0, 0.05) is 17.7 Å². The first kappa shape index (κ1) is 16.8. The van der Waals surface area contributed by atoms with Crippen LogP contribution in [0.25, 0.3) is 6.08 Å². The highest BCUT2D eigenvalue weighted by atomic mass is 16.5. The molecule has 5 rings (SSSR count). The molecule has 2 aromatic carbocycles. The average Bonchev–Trinajstić information content (AvgIpc) is 3.32. The van der Waals surface area contributed by atoms with Gasteiger partial charge in [-0.2, -0.15) is 0 Å². The van der Waals surface area contributed by atoms with Crippen LogP contribution in [0.5, 0.6) is 11.5 Å². The van der Waals surface area contributed by atoms with Gasteiger partial charge in [0.2, 0.25) is 5.78 Å². The van der Waals surface area contributed by atoms with E-state index in [-0.39, 0.29) is 5.78 Å². The zero-order valence-electron chi connectivity index (χ0n) is 15.5. The van der Waals surface area contributed by atoms with Crippen LogP contribution in [0, 0.1) is 6.92 Å². The van der Waals surface area contributed by atoms with Crippen LogP contribution in [0.15, 0.2) is 65.0 Å². The van der Waals surface area contributed by atoms with E-state index < -0.39 is 0 Å². The molecule has 0 atom stereocenters. The van der Waals surface area contributed by atoms with Crippen molar-refractivity contribution in [3.8, 4) is 11.5 Å². The number of hydrogen-bond donors (Lipinski definition) is 0. The second kappa shape index (κ2) is 6.69. The van der Waals surface area contributed by atoms with E-state index in [1.165, 1.54) is 0 Å². The lowest BCUT2D eigenvalue weighted by Crippen LogP contribution is -2.31. The van der Waals surface area contributed by atoms with Crippen molar-refractivity contribution in [3.05, 3.63) is 88.6 Å². The SMILES string of the molecule is Cc1c2c(cc3c1O/C(=C\c1ccccc1)C3=O)CN(Cc1ccco1)CO2. The Hall–Kier alpha value is -3.31. The number of benzene rings is 2. The summed E-state index contributed by atoms with van der Waals surface area (Å²) in [6.07, 6.45) is 3.45. The third-order valence-corrected chi connectivity index (χ3v) is 5.06. The lowest BCUT2D eigenvalue weighted by molar-refractivity contribution is 0.0813. The standard InChI is InChI=1S/C23H19NO4/c1-15-22-17(12-24(14-27-22)13-18-8-5-9-26-18)11-19-21(25)20(28-23(15)19)10-16-6-3-2-4-7-16/h2-11H,12-14H2,1H3/b20-10-. The fourth-order valence-corrected chi connectivity index (χ4v) is 3.72. The maximum atomic E-state index is 12.9. The Morgan fingerprint density at radius 1 is 1.11 bits per heavy atom. The van der Waals surface area contributed by atoms with Gasteiger partial charge in [0.15, 0.2) is 5.76 Å². The van der Waals surface area contributed by atoms with Gasteiger partial charge in [-0.05, 0) is 36.8 Å². The highest BCUT2D eigenvalue weighted by Gasteiger charge is 2.33. The minimum Gasteiger partial charge on any atom is -0.477 e. The molecule has 0 saturated carbocycles. The van der Waals surface area contributed by atoms with Crippen molar-refractivity contribution in [2.45, 2.75) is 20.0 Å². The molecule has 0 amide bonds. The van der Waals surface area contributed by atoms with Gasteiger partial charge >= 0.3 is 0 Å². The Morgan fingerprint density at radius 2 is 1.96 bits per heavy atom. The highest BCUT2D eigenvalue weighted by Crippen LogP contribution is 2.43. The molecule has 0 spiro atoms. The number of rotatable bonds is 3. The monoisotopic (exact) mass is 373 g/mol. The highest BCUT2D eigenvalue weighted by molar-refractivity contribution is 6.15. The van der Waals surface area contributed by atoms with Crippen molar-refractivity contribution in [3.63, 3.8) is 0 Å². The molecular formula is C23H19NO4. The number of ether oxygens (including phenoxy) is 2. The molecular weight excluding hydrogens is 354 g/mol. The summed E-state index contributed by atoms with van der Waals surface area (Å²) in [5.41, 5.74) is 3.39. The number of hydrogen-bond acceptors (Lipinski definition) is 5. The van der Waals surface area contributed by atoms with E-state index in [2.05, 4.69) is 4.90 Å². The number of ketones is 1. The molecule has 3 heterocycles. The van der Waals surface area contributed by atoms with E-state index in [4.69, 9.17) is 13.9 Å². The number of carbonyl (C=O) groups excluding carboxylic acids is 1. The summed E-state index contributed by atoms with van der Waals surface area (Å²) in [5, 5.41) is 0. The maximum Gasteiger partial charge on any atom is 0.231 e. The molecule has 0 aliphatic carbocycles. The number of allylic oxidation sites excluding steroid dienone is 1. The Morgan fingerprint density at radius 3 is 2.75 bits per heavy atom. The molecule has 5 nitrogen and oxygen atoms in total. The summed E-state index contributed by atoms with van der Waals surface area (Å²) in [4.78, 5) is 15.0.